The maximum absolute atomic E-state index is 4.67. The summed E-state index contributed by atoms with van der Waals surface area (Å²) in [5.74, 6) is 3.62. The molecule has 0 aromatic carbocycles. The molecule has 3 heteroatoms. The lowest BCUT2D eigenvalue weighted by Crippen LogP contribution is -2.33. The summed E-state index contributed by atoms with van der Waals surface area (Å²) in [5.41, 5.74) is 0. The number of nitrogens with zero attached hydrogens (tertiary/aromatic N) is 2. The summed E-state index contributed by atoms with van der Waals surface area (Å²) in [4.78, 5) is 4.67. The molecule has 3 atom stereocenters. The zero-order chi connectivity index (χ0) is 13.2. The van der Waals surface area contributed by atoms with E-state index < -0.39 is 0 Å². The standard InChI is InChI=1S/C16H27N3/c1-3-19-9-8-17-16(19)15-10-12(2)4-5-13(15)11-18-14-6-7-14/h8-9,12-15,18H,3-7,10-11H2,1-2H3. The fourth-order valence-corrected chi connectivity index (χ4v) is 3.53. The Kier molecular flexibility index (Phi) is 3.92. The number of imidazole rings is 1. The molecule has 1 heterocycles. The van der Waals surface area contributed by atoms with Gasteiger partial charge in [-0.25, -0.2) is 4.98 Å². The van der Waals surface area contributed by atoms with Crippen molar-refractivity contribution in [1.29, 1.82) is 0 Å². The van der Waals surface area contributed by atoms with Gasteiger partial charge in [0.15, 0.2) is 0 Å². The van der Waals surface area contributed by atoms with Crippen molar-refractivity contribution in [3.8, 4) is 0 Å². The third-order valence-electron chi connectivity index (χ3n) is 4.92. The molecule has 1 N–H and O–H groups in total. The van der Waals surface area contributed by atoms with Gasteiger partial charge < -0.3 is 9.88 Å². The van der Waals surface area contributed by atoms with Gasteiger partial charge in [0.1, 0.15) is 5.82 Å². The summed E-state index contributed by atoms with van der Waals surface area (Å²) in [5, 5.41) is 3.73. The van der Waals surface area contributed by atoms with Crippen LogP contribution in [-0.4, -0.2) is 22.1 Å². The van der Waals surface area contributed by atoms with E-state index in [4.69, 9.17) is 0 Å². The molecule has 3 nitrogen and oxygen atoms in total. The van der Waals surface area contributed by atoms with Crippen molar-refractivity contribution >= 4 is 0 Å². The van der Waals surface area contributed by atoms with Gasteiger partial charge in [0.25, 0.3) is 0 Å². The fourth-order valence-electron chi connectivity index (χ4n) is 3.53. The van der Waals surface area contributed by atoms with Gasteiger partial charge in [-0.05, 0) is 51.0 Å². The molecule has 0 bridgehead atoms. The Bertz CT molecular complexity index is 408. The minimum Gasteiger partial charge on any atom is -0.335 e. The van der Waals surface area contributed by atoms with E-state index >= 15 is 0 Å². The second-order valence-electron chi connectivity index (χ2n) is 6.54. The van der Waals surface area contributed by atoms with E-state index in [0.29, 0.717) is 5.92 Å². The molecule has 3 rings (SSSR count). The molecule has 1 aromatic rings. The average molecular weight is 261 g/mol. The summed E-state index contributed by atoms with van der Waals surface area (Å²) in [6.07, 6.45) is 11.0. The maximum Gasteiger partial charge on any atom is 0.112 e. The van der Waals surface area contributed by atoms with E-state index in [9.17, 15) is 0 Å². The first-order valence-electron chi connectivity index (χ1n) is 8.02. The molecule has 2 fully saturated rings. The average Bonchev–Trinajstić information content (AvgIpc) is 3.12. The molecule has 1 aromatic heterocycles. The van der Waals surface area contributed by atoms with Gasteiger partial charge in [-0.15, -0.1) is 0 Å². The molecule has 0 radical (unpaired) electrons. The largest absolute Gasteiger partial charge is 0.335 e. The molecule has 2 saturated carbocycles. The molecular weight excluding hydrogens is 234 g/mol. The first-order valence-corrected chi connectivity index (χ1v) is 8.02. The lowest BCUT2D eigenvalue weighted by molar-refractivity contribution is 0.230. The normalized spacial score (nSPS) is 31.6. The van der Waals surface area contributed by atoms with E-state index in [1.165, 1.54) is 44.5 Å². The van der Waals surface area contributed by atoms with E-state index in [1.807, 2.05) is 6.20 Å². The molecule has 106 valence electrons. The SMILES string of the molecule is CCn1ccnc1C1CC(C)CCC1CNC1CC1. The second-order valence-corrected chi connectivity index (χ2v) is 6.54. The summed E-state index contributed by atoms with van der Waals surface area (Å²) in [7, 11) is 0. The van der Waals surface area contributed by atoms with Crippen molar-refractivity contribution in [3.63, 3.8) is 0 Å². The Labute approximate surface area is 116 Å². The molecule has 3 unspecified atom stereocenters. The van der Waals surface area contributed by atoms with Crippen LogP contribution in [0, 0.1) is 11.8 Å². The van der Waals surface area contributed by atoms with Crippen molar-refractivity contribution in [2.24, 2.45) is 11.8 Å². The van der Waals surface area contributed by atoms with Crippen molar-refractivity contribution in [2.45, 2.75) is 64.5 Å². The first-order chi connectivity index (χ1) is 9.28. The smallest absolute Gasteiger partial charge is 0.112 e. The Morgan fingerprint density at radius 3 is 2.89 bits per heavy atom. The van der Waals surface area contributed by atoms with Gasteiger partial charge in [0.2, 0.25) is 0 Å². The van der Waals surface area contributed by atoms with Gasteiger partial charge in [0, 0.05) is 30.9 Å². The van der Waals surface area contributed by atoms with Crippen LogP contribution in [0.4, 0.5) is 0 Å². The zero-order valence-corrected chi connectivity index (χ0v) is 12.3. The van der Waals surface area contributed by atoms with Gasteiger partial charge in [-0.2, -0.15) is 0 Å². The molecular formula is C16H27N3. The minimum atomic E-state index is 0.657. The maximum atomic E-state index is 4.67. The fraction of sp³-hybridized carbons (Fsp3) is 0.812. The number of hydrogen-bond acceptors (Lipinski definition) is 2. The van der Waals surface area contributed by atoms with Crippen LogP contribution in [-0.2, 0) is 6.54 Å². The Hall–Kier alpha value is -0.830. The third kappa shape index (κ3) is 3.02. The number of rotatable bonds is 5. The van der Waals surface area contributed by atoms with Crippen LogP contribution in [0.1, 0.15) is 57.7 Å². The van der Waals surface area contributed by atoms with E-state index in [2.05, 4.69) is 34.9 Å². The van der Waals surface area contributed by atoms with E-state index in [-0.39, 0.29) is 0 Å². The molecule has 19 heavy (non-hydrogen) atoms. The molecule has 0 spiro atoms. The number of hydrogen-bond donors (Lipinski definition) is 1. The van der Waals surface area contributed by atoms with Gasteiger partial charge in [-0.3, -0.25) is 0 Å². The lowest BCUT2D eigenvalue weighted by atomic mass is 9.74. The highest BCUT2D eigenvalue weighted by molar-refractivity contribution is 5.05. The molecule has 0 aliphatic heterocycles. The Morgan fingerprint density at radius 2 is 2.16 bits per heavy atom. The van der Waals surface area contributed by atoms with Crippen molar-refractivity contribution in [3.05, 3.63) is 18.2 Å². The quantitative estimate of drug-likeness (QED) is 0.882. The summed E-state index contributed by atoms with van der Waals surface area (Å²) in [6.45, 7) is 6.85. The predicted octanol–water partition coefficient (Wildman–Crippen LogP) is 3.17. The number of nitrogens with one attached hydrogen (secondary N) is 1. The summed E-state index contributed by atoms with van der Waals surface area (Å²) >= 11 is 0. The highest BCUT2D eigenvalue weighted by Gasteiger charge is 2.33. The predicted molar refractivity (Wildman–Crippen MR) is 78.2 cm³/mol. The van der Waals surface area contributed by atoms with Crippen LogP contribution < -0.4 is 5.32 Å². The van der Waals surface area contributed by atoms with Crippen LogP contribution in [0.3, 0.4) is 0 Å². The zero-order valence-electron chi connectivity index (χ0n) is 12.3. The minimum absolute atomic E-state index is 0.657. The van der Waals surface area contributed by atoms with Crippen molar-refractivity contribution < 1.29 is 0 Å². The van der Waals surface area contributed by atoms with Crippen molar-refractivity contribution in [1.82, 2.24) is 14.9 Å². The molecule has 0 amide bonds. The van der Waals surface area contributed by atoms with Crippen LogP contribution in [0.2, 0.25) is 0 Å². The van der Waals surface area contributed by atoms with Gasteiger partial charge >= 0.3 is 0 Å². The number of aromatic nitrogens is 2. The molecule has 0 saturated heterocycles. The Morgan fingerprint density at radius 1 is 1.32 bits per heavy atom. The van der Waals surface area contributed by atoms with Crippen LogP contribution in [0.25, 0.3) is 0 Å². The highest BCUT2D eigenvalue weighted by Crippen LogP contribution is 2.40. The lowest BCUT2D eigenvalue weighted by Gasteiger charge is -2.35. The van der Waals surface area contributed by atoms with Gasteiger partial charge in [-0.1, -0.05) is 13.3 Å². The topological polar surface area (TPSA) is 29.9 Å². The van der Waals surface area contributed by atoms with Crippen LogP contribution >= 0.6 is 0 Å². The van der Waals surface area contributed by atoms with Gasteiger partial charge in [0.05, 0.1) is 0 Å². The second kappa shape index (κ2) is 5.66. The summed E-state index contributed by atoms with van der Waals surface area (Å²) < 4.78 is 2.34. The number of aryl methyl sites for hydroxylation is 1. The molecule has 2 aliphatic rings. The third-order valence-corrected chi connectivity index (χ3v) is 4.92. The first kappa shape index (κ1) is 13.2. The Balaban J connectivity index is 1.72. The summed E-state index contributed by atoms with van der Waals surface area (Å²) in [6, 6.07) is 0.825. The monoisotopic (exact) mass is 261 g/mol. The molecule has 2 aliphatic carbocycles. The van der Waals surface area contributed by atoms with E-state index in [0.717, 1.165) is 24.4 Å². The highest BCUT2D eigenvalue weighted by atomic mass is 15.1. The van der Waals surface area contributed by atoms with E-state index in [1.54, 1.807) is 0 Å². The van der Waals surface area contributed by atoms with Crippen LogP contribution in [0.15, 0.2) is 12.4 Å². The van der Waals surface area contributed by atoms with Crippen LogP contribution in [0.5, 0.6) is 0 Å². The van der Waals surface area contributed by atoms with Crippen molar-refractivity contribution in [2.75, 3.05) is 6.54 Å².